The number of hydrogen-bond acceptors (Lipinski definition) is 5. The third-order valence-electron chi connectivity index (χ3n) is 2.80. The summed E-state index contributed by atoms with van der Waals surface area (Å²) in [7, 11) is 0. The van der Waals surface area contributed by atoms with E-state index in [4.69, 9.17) is 9.15 Å². The van der Waals surface area contributed by atoms with Gasteiger partial charge in [-0.25, -0.2) is 0 Å². The molecule has 0 saturated carbocycles. The summed E-state index contributed by atoms with van der Waals surface area (Å²) in [5, 5.41) is 10.4. The van der Waals surface area contributed by atoms with Crippen LogP contribution >= 0.6 is 0 Å². The highest BCUT2D eigenvalue weighted by Gasteiger charge is 2.10. The number of carbonyl (C=O) groups excluding carboxylic acids is 1. The monoisotopic (exact) mass is 289 g/mol. The molecule has 0 saturated heterocycles. The van der Waals surface area contributed by atoms with E-state index in [0.29, 0.717) is 17.5 Å². The number of nitrogens with zero attached hydrogens (tertiary/aromatic N) is 2. The summed E-state index contributed by atoms with van der Waals surface area (Å²) >= 11 is 0. The molecule has 6 heteroatoms. The molecule has 2 rings (SSSR count). The molecule has 1 aromatic carbocycles. The first-order chi connectivity index (χ1) is 10.0. The number of nitrogens with one attached hydrogen (secondary N) is 1. The summed E-state index contributed by atoms with van der Waals surface area (Å²) in [5.41, 5.74) is 1.14. The zero-order chi connectivity index (χ0) is 15.2. The van der Waals surface area contributed by atoms with Crippen molar-refractivity contribution in [2.75, 3.05) is 6.61 Å². The summed E-state index contributed by atoms with van der Waals surface area (Å²) < 4.78 is 10.8. The second-order valence-electron chi connectivity index (χ2n) is 5.07. The number of rotatable bonds is 6. The Morgan fingerprint density at radius 3 is 2.62 bits per heavy atom. The Morgan fingerprint density at radius 1 is 1.29 bits per heavy atom. The first kappa shape index (κ1) is 15.0. The number of carbonyl (C=O) groups is 1. The van der Waals surface area contributed by atoms with Crippen LogP contribution < -0.4 is 10.1 Å². The fraction of sp³-hybridized carbons (Fsp3) is 0.400. The zero-order valence-electron chi connectivity index (χ0n) is 12.4. The first-order valence-electron chi connectivity index (χ1n) is 6.83. The molecule has 0 radical (unpaired) electrons. The SMILES string of the molecule is Cc1ccc(OCC(=O)NCc2nnc(C(C)C)o2)cc1. The van der Waals surface area contributed by atoms with E-state index in [-0.39, 0.29) is 25.0 Å². The van der Waals surface area contributed by atoms with Crippen molar-refractivity contribution in [1.82, 2.24) is 15.5 Å². The van der Waals surface area contributed by atoms with Crippen molar-refractivity contribution in [3.63, 3.8) is 0 Å². The molecule has 6 nitrogen and oxygen atoms in total. The average molecular weight is 289 g/mol. The standard InChI is InChI=1S/C15H19N3O3/c1-10(2)15-18-17-14(21-15)8-16-13(19)9-20-12-6-4-11(3)5-7-12/h4-7,10H,8-9H2,1-3H3,(H,16,19). The maximum atomic E-state index is 11.7. The van der Waals surface area contributed by atoms with Crippen LogP contribution in [0.1, 0.15) is 37.1 Å². The molecule has 21 heavy (non-hydrogen) atoms. The van der Waals surface area contributed by atoms with Gasteiger partial charge in [-0.3, -0.25) is 4.79 Å². The van der Waals surface area contributed by atoms with E-state index in [9.17, 15) is 4.79 Å². The second-order valence-corrected chi connectivity index (χ2v) is 5.07. The Balaban J connectivity index is 1.75. The van der Waals surface area contributed by atoms with Crippen LogP contribution in [0.25, 0.3) is 0 Å². The number of amides is 1. The van der Waals surface area contributed by atoms with E-state index in [0.717, 1.165) is 5.56 Å². The molecule has 1 heterocycles. The number of hydrogen-bond donors (Lipinski definition) is 1. The largest absolute Gasteiger partial charge is 0.484 e. The molecular formula is C15H19N3O3. The Hall–Kier alpha value is -2.37. The van der Waals surface area contributed by atoms with Gasteiger partial charge in [-0.15, -0.1) is 10.2 Å². The van der Waals surface area contributed by atoms with Gasteiger partial charge in [0.05, 0.1) is 6.54 Å². The van der Waals surface area contributed by atoms with Crippen molar-refractivity contribution in [3.05, 3.63) is 41.6 Å². The van der Waals surface area contributed by atoms with E-state index in [2.05, 4.69) is 15.5 Å². The molecule has 2 aromatic rings. The summed E-state index contributed by atoms with van der Waals surface area (Å²) in [6.07, 6.45) is 0. The molecule has 0 aliphatic carbocycles. The predicted molar refractivity (Wildman–Crippen MR) is 76.9 cm³/mol. The third kappa shape index (κ3) is 4.59. The minimum Gasteiger partial charge on any atom is -0.484 e. The van der Waals surface area contributed by atoms with Crippen LogP contribution in [-0.2, 0) is 11.3 Å². The molecule has 0 aliphatic rings. The number of aryl methyl sites for hydroxylation is 1. The molecule has 0 spiro atoms. The van der Waals surface area contributed by atoms with E-state index in [1.165, 1.54) is 0 Å². The van der Waals surface area contributed by atoms with E-state index in [1.54, 1.807) is 0 Å². The number of ether oxygens (including phenoxy) is 1. The molecule has 1 aromatic heterocycles. The highest BCUT2D eigenvalue weighted by molar-refractivity contribution is 5.77. The van der Waals surface area contributed by atoms with Gasteiger partial charge in [0.2, 0.25) is 11.8 Å². The van der Waals surface area contributed by atoms with Crippen LogP contribution in [0.3, 0.4) is 0 Å². The molecule has 112 valence electrons. The highest BCUT2D eigenvalue weighted by Crippen LogP contribution is 2.12. The molecule has 1 N–H and O–H groups in total. The summed E-state index contributed by atoms with van der Waals surface area (Å²) in [5.74, 6) is 1.56. The topological polar surface area (TPSA) is 77.2 Å². The lowest BCUT2D eigenvalue weighted by molar-refractivity contribution is -0.123. The van der Waals surface area contributed by atoms with E-state index in [1.807, 2.05) is 45.0 Å². The normalized spacial score (nSPS) is 10.7. The van der Waals surface area contributed by atoms with Crippen molar-refractivity contribution < 1.29 is 13.9 Å². The zero-order valence-corrected chi connectivity index (χ0v) is 12.4. The Morgan fingerprint density at radius 2 is 2.00 bits per heavy atom. The fourth-order valence-electron chi connectivity index (χ4n) is 1.58. The smallest absolute Gasteiger partial charge is 0.258 e. The third-order valence-corrected chi connectivity index (χ3v) is 2.80. The van der Waals surface area contributed by atoms with Crippen molar-refractivity contribution in [3.8, 4) is 5.75 Å². The minimum atomic E-state index is -0.236. The van der Waals surface area contributed by atoms with Gasteiger partial charge in [-0.1, -0.05) is 31.5 Å². The first-order valence-corrected chi connectivity index (χ1v) is 6.83. The average Bonchev–Trinajstić information content (AvgIpc) is 2.93. The van der Waals surface area contributed by atoms with Gasteiger partial charge in [0.25, 0.3) is 5.91 Å². The lowest BCUT2D eigenvalue weighted by Crippen LogP contribution is -2.28. The summed E-state index contributed by atoms with van der Waals surface area (Å²) in [4.78, 5) is 11.7. The van der Waals surface area contributed by atoms with Crippen LogP contribution in [0.5, 0.6) is 5.75 Å². The molecule has 0 aliphatic heterocycles. The summed E-state index contributed by atoms with van der Waals surface area (Å²) in [6, 6.07) is 7.52. The van der Waals surface area contributed by atoms with Crippen LogP contribution in [0, 0.1) is 6.92 Å². The molecule has 0 fully saturated rings. The second kappa shape index (κ2) is 6.88. The summed E-state index contributed by atoms with van der Waals surface area (Å²) in [6.45, 7) is 6.08. The van der Waals surface area contributed by atoms with Crippen molar-refractivity contribution in [2.24, 2.45) is 0 Å². The van der Waals surface area contributed by atoms with Gasteiger partial charge in [-0.05, 0) is 19.1 Å². The van der Waals surface area contributed by atoms with Gasteiger partial charge in [0, 0.05) is 5.92 Å². The number of aromatic nitrogens is 2. The molecule has 1 amide bonds. The Bertz CT molecular complexity index is 590. The number of benzene rings is 1. The maximum absolute atomic E-state index is 11.7. The molecular weight excluding hydrogens is 270 g/mol. The quantitative estimate of drug-likeness (QED) is 0.882. The van der Waals surface area contributed by atoms with Gasteiger partial charge in [0.15, 0.2) is 6.61 Å². The van der Waals surface area contributed by atoms with Gasteiger partial charge in [0.1, 0.15) is 5.75 Å². The van der Waals surface area contributed by atoms with Gasteiger partial charge < -0.3 is 14.5 Å². The van der Waals surface area contributed by atoms with E-state index < -0.39 is 0 Å². The maximum Gasteiger partial charge on any atom is 0.258 e. The minimum absolute atomic E-state index is 0.0474. The lowest BCUT2D eigenvalue weighted by atomic mass is 10.2. The van der Waals surface area contributed by atoms with Gasteiger partial charge in [-0.2, -0.15) is 0 Å². The predicted octanol–water partition coefficient (Wildman–Crippen LogP) is 2.20. The van der Waals surface area contributed by atoms with E-state index >= 15 is 0 Å². The van der Waals surface area contributed by atoms with Gasteiger partial charge >= 0.3 is 0 Å². The molecule has 0 bridgehead atoms. The fourth-order valence-corrected chi connectivity index (χ4v) is 1.58. The van der Waals surface area contributed by atoms with Crippen molar-refractivity contribution >= 4 is 5.91 Å². The Kier molecular flexibility index (Phi) is 4.92. The van der Waals surface area contributed by atoms with Crippen LogP contribution in [-0.4, -0.2) is 22.7 Å². The molecule has 0 unspecified atom stereocenters. The van der Waals surface area contributed by atoms with Crippen LogP contribution in [0.15, 0.2) is 28.7 Å². The van der Waals surface area contributed by atoms with Crippen LogP contribution in [0.4, 0.5) is 0 Å². The van der Waals surface area contributed by atoms with Crippen molar-refractivity contribution in [1.29, 1.82) is 0 Å². The van der Waals surface area contributed by atoms with Crippen molar-refractivity contribution in [2.45, 2.75) is 33.2 Å². The molecule has 0 atom stereocenters. The van der Waals surface area contributed by atoms with Crippen LogP contribution in [0.2, 0.25) is 0 Å². The Labute approximate surface area is 123 Å². The highest BCUT2D eigenvalue weighted by atomic mass is 16.5. The lowest BCUT2D eigenvalue weighted by Gasteiger charge is -2.06.